The van der Waals surface area contributed by atoms with Gasteiger partial charge in [-0.1, -0.05) is 88.4 Å². The van der Waals surface area contributed by atoms with E-state index < -0.39 is 120 Å². The maximum absolute atomic E-state index is 14.5. The van der Waals surface area contributed by atoms with E-state index in [0.29, 0.717) is 11.1 Å². The quantitative estimate of drug-likeness (QED) is 0.0869. The van der Waals surface area contributed by atoms with Crippen LogP contribution in [0, 0.1) is 11.8 Å². The average molecular weight is 1010 g/mol. The lowest BCUT2D eigenvalue weighted by molar-refractivity contribution is -0.141. The van der Waals surface area contributed by atoms with Gasteiger partial charge in [-0.3, -0.25) is 38.4 Å². The number of fused-ring (bicyclic) bond motifs is 4. The van der Waals surface area contributed by atoms with Crippen LogP contribution < -0.4 is 54.0 Å². The van der Waals surface area contributed by atoms with Gasteiger partial charge in [0.15, 0.2) is 12.2 Å². The molecule has 8 amide bonds. The van der Waals surface area contributed by atoms with Crippen molar-refractivity contribution >= 4 is 47.3 Å². The van der Waals surface area contributed by atoms with E-state index in [-0.39, 0.29) is 76.5 Å². The zero-order valence-electron chi connectivity index (χ0n) is 42.0. The highest BCUT2D eigenvalue weighted by Gasteiger charge is 2.51. The molecule has 3 heterocycles. The number of nitrogens with one attached hydrogen (secondary N) is 8. The number of hydrogen-bond donors (Lipinski definition) is 10. The monoisotopic (exact) mass is 1010 g/mol. The van der Waals surface area contributed by atoms with Crippen LogP contribution in [-0.4, -0.2) is 161 Å². The van der Waals surface area contributed by atoms with Crippen molar-refractivity contribution in [3.63, 3.8) is 0 Å². The van der Waals surface area contributed by atoms with E-state index in [1.54, 1.807) is 60.7 Å². The summed E-state index contributed by atoms with van der Waals surface area (Å²) in [5.74, 6) is -5.36. The van der Waals surface area contributed by atoms with Gasteiger partial charge in [-0.2, -0.15) is 0 Å². The predicted octanol–water partition coefficient (Wildman–Crippen LogP) is -2.02. The molecule has 2 aromatic carbocycles. The van der Waals surface area contributed by atoms with Crippen LogP contribution in [0.1, 0.15) is 64.5 Å². The molecule has 3 aliphatic heterocycles. The van der Waals surface area contributed by atoms with E-state index in [1.807, 2.05) is 27.7 Å². The molecule has 4 bridgehead atoms. The maximum atomic E-state index is 14.5. The second-order valence-electron chi connectivity index (χ2n) is 19.2. The van der Waals surface area contributed by atoms with Crippen LogP contribution >= 0.6 is 0 Å². The number of benzene rings is 2. The lowest BCUT2D eigenvalue weighted by atomic mass is 9.99. The Balaban J connectivity index is 1.57. The van der Waals surface area contributed by atoms with Gasteiger partial charge in [-0.05, 0) is 35.8 Å². The van der Waals surface area contributed by atoms with E-state index >= 15 is 0 Å². The van der Waals surface area contributed by atoms with Gasteiger partial charge in [0.1, 0.15) is 36.4 Å². The van der Waals surface area contributed by atoms with Gasteiger partial charge in [0.05, 0.1) is 24.3 Å². The molecular formula is C50H74N10O12. The zero-order chi connectivity index (χ0) is 52.5. The number of ether oxygens (including phenoxy) is 4. The van der Waals surface area contributed by atoms with Gasteiger partial charge in [0.2, 0.25) is 35.4 Å². The Bertz CT molecular complexity index is 2000. The van der Waals surface area contributed by atoms with E-state index in [4.69, 9.17) is 30.4 Å². The highest BCUT2D eigenvalue weighted by molar-refractivity contribution is 5.95. The molecule has 0 unspecified atom stereocenters. The van der Waals surface area contributed by atoms with Gasteiger partial charge < -0.3 is 72.9 Å². The van der Waals surface area contributed by atoms with Gasteiger partial charge in [-0.25, -0.2) is 0 Å². The minimum Gasteiger partial charge on any atom is -0.376 e. The minimum atomic E-state index is -1.43. The Morgan fingerprint density at radius 1 is 0.556 bits per heavy atom. The Labute approximate surface area is 420 Å². The first kappa shape index (κ1) is 56.9. The zero-order valence-corrected chi connectivity index (χ0v) is 42.0. The normalized spacial score (nSPS) is 29.0. The Hall–Kier alpha value is -6.04. The summed E-state index contributed by atoms with van der Waals surface area (Å²) in [5, 5.41) is 22.6. The number of nitrogens with two attached hydrogens (primary N) is 2. The van der Waals surface area contributed by atoms with Crippen LogP contribution in [0.25, 0.3) is 0 Å². The molecular weight excluding hydrogens is 933 g/mol. The van der Waals surface area contributed by atoms with Crippen molar-refractivity contribution in [1.29, 1.82) is 0 Å². The van der Waals surface area contributed by atoms with Crippen LogP contribution in [0.2, 0.25) is 0 Å². The number of amides is 8. The maximum Gasteiger partial charge on any atom is 0.252 e. The topological polar surface area (TPSA) is 322 Å². The molecule has 22 heteroatoms. The molecule has 3 saturated heterocycles. The Morgan fingerprint density at radius 2 is 0.903 bits per heavy atom. The summed E-state index contributed by atoms with van der Waals surface area (Å²) >= 11 is 0. The van der Waals surface area contributed by atoms with Crippen LogP contribution in [0.15, 0.2) is 60.7 Å². The molecule has 0 radical (unpaired) electrons. The van der Waals surface area contributed by atoms with Crippen molar-refractivity contribution in [1.82, 2.24) is 42.5 Å². The van der Waals surface area contributed by atoms with E-state index in [0.717, 1.165) is 0 Å². The fraction of sp³-hybridized carbons (Fsp3) is 0.600. The van der Waals surface area contributed by atoms with Crippen molar-refractivity contribution in [3.8, 4) is 0 Å². The molecule has 0 aromatic heterocycles. The largest absolute Gasteiger partial charge is 0.376 e. The second-order valence-corrected chi connectivity index (χ2v) is 19.2. The molecule has 22 nitrogen and oxygen atoms in total. The molecule has 396 valence electrons. The van der Waals surface area contributed by atoms with Gasteiger partial charge in [0.25, 0.3) is 11.8 Å². The summed E-state index contributed by atoms with van der Waals surface area (Å²) in [7, 11) is 2.66. The molecule has 0 spiro atoms. The molecule has 2 aromatic rings. The summed E-state index contributed by atoms with van der Waals surface area (Å²) in [6.07, 6.45) is -7.08. The molecule has 3 fully saturated rings. The standard InChI is InChI=1S/C50H74N10O12/c1-27(2)21-31-45(63)53-25-35-39(59-37(61)17-19-51)41(69-5)44(71-35)50(68)58-34(24-30-15-11-8-12-16-30)48(66)56-32(22-28(3)4)46(64)54-26-36-40(60-38(62)18-20-52)42(70-6)43(72-36)49(67)57-33(47(65)55-31)23-29-13-9-7-10-14-29/h7-16,27-28,31-36,39-44H,17-26,51-52H2,1-6H3,(H,53,63)(H,54,64)(H,55,65)(H,56,66)(H,57,67)(H,58,68)(H,59,61)(H,60,62)/t31-,32-,33-,34-,35+,36+,39+,40+,41+,42+,43-,44-/m0/s1. The summed E-state index contributed by atoms with van der Waals surface area (Å²) < 4.78 is 24.3. The minimum absolute atomic E-state index is 0.00787. The number of rotatable bonds is 16. The van der Waals surface area contributed by atoms with E-state index in [2.05, 4.69) is 42.5 Å². The van der Waals surface area contributed by atoms with E-state index in [9.17, 15) is 38.4 Å². The second kappa shape index (κ2) is 27.7. The summed E-state index contributed by atoms with van der Waals surface area (Å²) in [4.78, 5) is 113. The van der Waals surface area contributed by atoms with Crippen molar-refractivity contribution in [2.45, 2.75) is 139 Å². The molecule has 12 atom stereocenters. The average Bonchev–Trinajstić information content (AvgIpc) is 3.88. The molecule has 12 N–H and O–H groups in total. The summed E-state index contributed by atoms with van der Waals surface area (Å²) in [6, 6.07) is 10.9. The Morgan fingerprint density at radius 3 is 1.22 bits per heavy atom. The third kappa shape index (κ3) is 16.0. The molecule has 0 aliphatic carbocycles. The lowest BCUT2D eigenvalue weighted by Gasteiger charge is -2.28. The van der Waals surface area contributed by atoms with Crippen LogP contribution in [0.3, 0.4) is 0 Å². The van der Waals surface area contributed by atoms with Crippen molar-refractivity contribution in [2.24, 2.45) is 23.3 Å². The highest BCUT2D eigenvalue weighted by Crippen LogP contribution is 2.27. The van der Waals surface area contributed by atoms with E-state index in [1.165, 1.54) is 14.2 Å². The number of carbonyl (C=O) groups is 8. The molecule has 5 rings (SSSR count). The van der Waals surface area contributed by atoms with Crippen LogP contribution in [0.4, 0.5) is 0 Å². The van der Waals surface area contributed by atoms with Gasteiger partial charge in [0, 0.05) is 66.1 Å². The third-order valence-electron chi connectivity index (χ3n) is 12.7. The first-order valence-electron chi connectivity index (χ1n) is 24.7. The molecule has 0 saturated carbocycles. The number of methoxy groups -OCH3 is 2. The SMILES string of the molecule is CO[C@@H]1[C@H](NC(=O)CCN)[C@H]2CNC(=O)[C@H](CC(C)C)NC(=O)[C@H](Cc3ccccc3)NC(=O)[C@H]3O[C@H](CNC(=O)[C@H](CC(C)C)NC(=O)[C@H](Cc4ccccc4)NC(=O)[C@H]1O2)[C@@H](NC(=O)CCN)[C@H]3OC. The number of hydrogen-bond acceptors (Lipinski definition) is 14. The molecule has 3 aliphatic rings. The molecule has 72 heavy (non-hydrogen) atoms. The fourth-order valence-corrected chi connectivity index (χ4v) is 9.17. The van der Waals surface area contributed by atoms with Crippen molar-refractivity contribution in [3.05, 3.63) is 71.8 Å². The van der Waals surface area contributed by atoms with Crippen molar-refractivity contribution in [2.75, 3.05) is 40.4 Å². The Kier molecular flexibility index (Phi) is 21.9. The van der Waals surface area contributed by atoms with Gasteiger partial charge >= 0.3 is 0 Å². The summed E-state index contributed by atoms with van der Waals surface area (Å²) in [5.41, 5.74) is 12.8. The smallest absolute Gasteiger partial charge is 0.252 e. The summed E-state index contributed by atoms with van der Waals surface area (Å²) in [6.45, 7) is 6.96. The third-order valence-corrected chi connectivity index (χ3v) is 12.7. The number of carbonyl (C=O) groups excluding carboxylic acids is 8. The first-order chi connectivity index (χ1) is 34.5. The van der Waals surface area contributed by atoms with Crippen LogP contribution in [-0.2, 0) is 70.1 Å². The first-order valence-corrected chi connectivity index (χ1v) is 24.7. The van der Waals surface area contributed by atoms with Crippen LogP contribution in [0.5, 0.6) is 0 Å². The van der Waals surface area contributed by atoms with Gasteiger partial charge in [-0.15, -0.1) is 0 Å². The van der Waals surface area contributed by atoms with Crippen molar-refractivity contribution < 1.29 is 57.3 Å². The predicted molar refractivity (Wildman–Crippen MR) is 263 cm³/mol. The highest BCUT2D eigenvalue weighted by atomic mass is 16.6. The lowest BCUT2D eigenvalue weighted by Crippen LogP contribution is -2.58. The fourth-order valence-electron chi connectivity index (χ4n) is 9.17.